The molecule has 0 aliphatic carbocycles. The summed E-state index contributed by atoms with van der Waals surface area (Å²) in [5, 5.41) is 0.740. The number of rotatable bonds is 9. The first-order valence-electron chi connectivity index (χ1n) is 11.8. The predicted octanol–water partition coefficient (Wildman–Crippen LogP) is 7.79. The molecule has 3 aromatic carbocycles. The third-order valence-electron chi connectivity index (χ3n) is 6.18. The molecule has 0 radical (unpaired) electrons. The summed E-state index contributed by atoms with van der Waals surface area (Å²) in [5.74, 6) is 1.43. The van der Waals surface area contributed by atoms with Crippen molar-refractivity contribution in [3.8, 4) is 5.75 Å². The summed E-state index contributed by atoms with van der Waals surface area (Å²) in [6, 6.07) is 26.9. The highest BCUT2D eigenvalue weighted by molar-refractivity contribution is 6.32. The lowest BCUT2D eigenvalue weighted by molar-refractivity contribution is 0.183. The minimum Gasteiger partial charge on any atom is -0.492 e. The molecule has 4 rings (SSSR count). The van der Waals surface area contributed by atoms with Crippen molar-refractivity contribution in [2.24, 2.45) is 0 Å². The molecule has 1 aliphatic heterocycles. The van der Waals surface area contributed by atoms with Crippen LogP contribution in [0.3, 0.4) is 0 Å². The number of ether oxygens (including phenoxy) is 1. The monoisotopic (exact) mass is 479 g/mol. The summed E-state index contributed by atoms with van der Waals surface area (Å²) in [6.07, 6.45) is 4.69. The van der Waals surface area contributed by atoms with E-state index in [9.17, 15) is 0 Å². The van der Waals surface area contributed by atoms with Gasteiger partial charge < -0.3 is 4.74 Å². The molecule has 1 fully saturated rings. The predicted molar refractivity (Wildman–Crippen MR) is 141 cm³/mol. The van der Waals surface area contributed by atoms with E-state index < -0.39 is 0 Å². The molecule has 0 spiro atoms. The molecule has 1 saturated heterocycles. The maximum absolute atomic E-state index is 6.62. The van der Waals surface area contributed by atoms with E-state index in [1.165, 1.54) is 32.4 Å². The van der Waals surface area contributed by atoms with E-state index in [-0.39, 0.29) is 0 Å². The number of allylic oxidation sites excluding steroid dienone is 1. The Morgan fingerprint density at radius 2 is 1.45 bits per heavy atom. The Morgan fingerprint density at radius 1 is 0.788 bits per heavy atom. The van der Waals surface area contributed by atoms with Gasteiger partial charge in [-0.15, -0.1) is 11.6 Å². The van der Waals surface area contributed by atoms with Gasteiger partial charge in [0.1, 0.15) is 12.4 Å². The van der Waals surface area contributed by atoms with Crippen molar-refractivity contribution >= 4 is 34.3 Å². The summed E-state index contributed by atoms with van der Waals surface area (Å²) in [6.45, 7) is 4.10. The Balaban J connectivity index is 1.62. The van der Waals surface area contributed by atoms with Crippen molar-refractivity contribution in [3.63, 3.8) is 0 Å². The molecule has 1 heterocycles. The molecule has 0 unspecified atom stereocenters. The molecular weight excluding hydrogens is 449 g/mol. The minimum absolute atomic E-state index is 0.522. The van der Waals surface area contributed by atoms with Crippen LogP contribution in [0.1, 0.15) is 42.4 Å². The molecule has 0 N–H and O–H groups in total. The number of halogens is 2. The fourth-order valence-electron chi connectivity index (χ4n) is 4.51. The van der Waals surface area contributed by atoms with Crippen LogP contribution in [0.4, 0.5) is 0 Å². The van der Waals surface area contributed by atoms with E-state index >= 15 is 0 Å². The van der Waals surface area contributed by atoms with Crippen LogP contribution in [0, 0.1) is 0 Å². The quantitative estimate of drug-likeness (QED) is 0.229. The number of nitrogens with zero attached hydrogens (tertiary/aromatic N) is 1. The Labute approximate surface area is 207 Å². The maximum atomic E-state index is 6.62. The molecule has 1 aliphatic rings. The van der Waals surface area contributed by atoms with Crippen LogP contribution in [0.5, 0.6) is 5.75 Å². The van der Waals surface area contributed by atoms with Gasteiger partial charge in [0.15, 0.2) is 0 Å². The van der Waals surface area contributed by atoms with Crippen LogP contribution in [0.2, 0.25) is 5.02 Å². The highest BCUT2D eigenvalue weighted by Crippen LogP contribution is 2.37. The maximum Gasteiger partial charge on any atom is 0.119 e. The summed E-state index contributed by atoms with van der Waals surface area (Å²) in [4.78, 5) is 2.50. The zero-order chi connectivity index (χ0) is 22.9. The van der Waals surface area contributed by atoms with Crippen molar-refractivity contribution < 1.29 is 4.74 Å². The number of benzene rings is 3. The fourth-order valence-corrected chi connectivity index (χ4v) is 4.95. The summed E-state index contributed by atoms with van der Waals surface area (Å²) < 4.78 is 6.06. The van der Waals surface area contributed by atoms with Crippen molar-refractivity contribution in [1.29, 1.82) is 0 Å². The molecule has 0 amide bonds. The van der Waals surface area contributed by atoms with Crippen molar-refractivity contribution in [1.82, 2.24) is 4.90 Å². The van der Waals surface area contributed by atoms with Gasteiger partial charge in [-0.05, 0) is 78.4 Å². The van der Waals surface area contributed by atoms with Gasteiger partial charge in [-0.1, -0.05) is 78.7 Å². The van der Waals surface area contributed by atoms with Gasteiger partial charge in [-0.25, -0.2) is 0 Å². The molecule has 0 aromatic heterocycles. The van der Waals surface area contributed by atoms with Gasteiger partial charge in [0.05, 0.1) is 0 Å². The van der Waals surface area contributed by atoms with Gasteiger partial charge in [0.2, 0.25) is 0 Å². The third kappa shape index (κ3) is 6.41. The largest absolute Gasteiger partial charge is 0.492 e. The zero-order valence-electron chi connectivity index (χ0n) is 19.0. The topological polar surface area (TPSA) is 12.5 Å². The Bertz CT molecular complexity index is 1040. The first kappa shape index (κ1) is 23.9. The first-order valence-corrected chi connectivity index (χ1v) is 12.7. The minimum atomic E-state index is 0.522. The Morgan fingerprint density at radius 3 is 2.15 bits per heavy atom. The van der Waals surface area contributed by atoms with E-state index in [1.807, 2.05) is 24.3 Å². The second kappa shape index (κ2) is 12.3. The molecule has 172 valence electrons. The van der Waals surface area contributed by atoms with Crippen LogP contribution >= 0.6 is 23.2 Å². The van der Waals surface area contributed by atoms with Crippen LogP contribution in [-0.2, 0) is 0 Å². The van der Waals surface area contributed by atoms with Crippen molar-refractivity contribution in [2.45, 2.75) is 25.7 Å². The number of likely N-dealkylation sites (tertiary alicyclic amines) is 1. The van der Waals surface area contributed by atoms with Crippen molar-refractivity contribution in [2.75, 3.05) is 32.1 Å². The average Bonchev–Trinajstić information content (AvgIpc) is 2.86. The second-order valence-corrected chi connectivity index (χ2v) is 9.20. The highest BCUT2D eigenvalue weighted by atomic mass is 35.5. The van der Waals surface area contributed by atoms with Crippen LogP contribution < -0.4 is 4.74 Å². The smallest absolute Gasteiger partial charge is 0.119 e. The number of alkyl halides is 1. The lowest BCUT2D eigenvalue weighted by Crippen LogP contribution is -2.33. The van der Waals surface area contributed by atoms with Gasteiger partial charge in [-0.3, -0.25) is 4.90 Å². The summed E-state index contributed by atoms with van der Waals surface area (Å²) in [7, 11) is 0. The number of hydrogen-bond acceptors (Lipinski definition) is 2. The van der Waals surface area contributed by atoms with E-state index in [4.69, 9.17) is 27.9 Å². The van der Waals surface area contributed by atoms with Gasteiger partial charge in [-0.2, -0.15) is 0 Å². The highest BCUT2D eigenvalue weighted by Gasteiger charge is 2.16. The van der Waals surface area contributed by atoms with Crippen LogP contribution in [-0.4, -0.2) is 37.0 Å². The lowest BCUT2D eigenvalue weighted by Gasteiger charge is -2.26. The molecule has 2 nitrogen and oxygen atoms in total. The van der Waals surface area contributed by atoms with Gasteiger partial charge in [0, 0.05) is 17.4 Å². The Kier molecular flexibility index (Phi) is 8.88. The van der Waals surface area contributed by atoms with E-state index in [2.05, 4.69) is 59.5 Å². The van der Waals surface area contributed by atoms with Crippen molar-refractivity contribution in [3.05, 3.63) is 101 Å². The lowest BCUT2D eigenvalue weighted by atomic mass is 9.88. The molecular formula is C29H31Cl2NO. The molecule has 4 heteroatoms. The molecule has 0 bridgehead atoms. The first-order chi connectivity index (χ1) is 16.3. The molecule has 0 saturated carbocycles. The van der Waals surface area contributed by atoms with E-state index in [0.29, 0.717) is 5.88 Å². The SMILES string of the molecule is ClCC/C(=C(/c1ccccc1)c1ccc(OCCN2CCCCC2)cc1)c1ccccc1Cl. The van der Waals surface area contributed by atoms with Crippen LogP contribution in [0.15, 0.2) is 78.9 Å². The summed E-state index contributed by atoms with van der Waals surface area (Å²) in [5.41, 5.74) is 5.62. The van der Waals surface area contributed by atoms with E-state index in [0.717, 1.165) is 58.2 Å². The Hall–Kier alpha value is -2.26. The average molecular weight is 480 g/mol. The molecule has 3 aromatic rings. The zero-order valence-corrected chi connectivity index (χ0v) is 20.5. The standard InChI is InChI=1S/C29H31Cl2NO/c30-18-17-27(26-11-5-6-12-28(26)31)29(23-9-3-1-4-10-23)24-13-15-25(16-14-24)33-22-21-32-19-7-2-8-20-32/h1,3-6,9-16H,2,7-8,17-22H2/b29-27+. The van der Waals surface area contributed by atoms with E-state index in [1.54, 1.807) is 0 Å². The molecule has 0 atom stereocenters. The second-order valence-electron chi connectivity index (χ2n) is 8.41. The molecule has 33 heavy (non-hydrogen) atoms. The third-order valence-corrected chi connectivity index (χ3v) is 6.69. The number of piperidine rings is 1. The van der Waals surface area contributed by atoms with Gasteiger partial charge in [0.25, 0.3) is 0 Å². The number of hydrogen-bond donors (Lipinski definition) is 0. The fraction of sp³-hybridized carbons (Fsp3) is 0.310. The summed E-state index contributed by atoms with van der Waals surface area (Å²) >= 11 is 12.9. The normalized spacial score (nSPS) is 15.2. The van der Waals surface area contributed by atoms with Crippen LogP contribution in [0.25, 0.3) is 11.1 Å². The van der Waals surface area contributed by atoms with Gasteiger partial charge >= 0.3 is 0 Å².